The Morgan fingerprint density at radius 1 is 1.53 bits per heavy atom. The number of nitrogens with zero attached hydrogens (tertiary/aromatic N) is 1. The number of halogens is 2. The molecule has 100 valence electrons. The van der Waals surface area contributed by atoms with Crippen molar-refractivity contribution in [1.29, 1.82) is 0 Å². The molecule has 0 saturated carbocycles. The summed E-state index contributed by atoms with van der Waals surface area (Å²) in [6.45, 7) is 3.77. The summed E-state index contributed by atoms with van der Waals surface area (Å²) in [5, 5.41) is 3.55. The molecule has 1 aromatic carbocycles. The van der Waals surface area contributed by atoms with Gasteiger partial charge in [-0.05, 0) is 32.0 Å². The molecule has 2 aromatic rings. The van der Waals surface area contributed by atoms with Gasteiger partial charge in [0.25, 0.3) is 5.91 Å². The number of amides is 1. The molecule has 1 atom stereocenters. The Kier molecular flexibility index (Phi) is 4.31. The second-order valence-electron chi connectivity index (χ2n) is 4.13. The summed E-state index contributed by atoms with van der Waals surface area (Å²) >= 11 is 4.67. The van der Waals surface area contributed by atoms with Crippen LogP contribution in [0.15, 0.2) is 28.9 Å². The molecule has 6 heteroatoms. The van der Waals surface area contributed by atoms with E-state index < -0.39 is 11.7 Å². The maximum Gasteiger partial charge on any atom is 0.254 e. The van der Waals surface area contributed by atoms with Crippen LogP contribution in [0, 0.1) is 12.7 Å². The van der Waals surface area contributed by atoms with Crippen molar-refractivity contribution in [3.63, 3.8) is 0 Å². The van der Waals surface area contributed by atoms with E-state index in [1.807, 2.05) is 13.8 Å². The smallest absolute Gasteiger partial charge is 0.254 e. The van der Waals surface area contributed by atoms with Crippen molar-refractivity contribution in [2.75, 3.05) is 0 Å². The molecule has 0 saturated heterocycles. The van der Waals surface area contributed by atoms with Gasteiger partial charge in [-0.2, -0.15) is 0 Å². The SMILES string of the molecule is Cc1cnc(C(C)NC(=O)c2ccc(Br)cc2F)s1. The van der Waals surface area contributed by atoms with Crippen LogP contribution in [0.5, 0.6) is 0 Å². The van der Waals surface area contributed by atoms with Gasteiger partial charge < -0.3 is 5.32 Å². The van der Waals surface area contributed by atoms with E-state index in [9.17, 15) is 9.18 Å². The van der Waals surface area contributed by atoms with Gasteiger partial charge in [-0.15, -0.1) is 11.3 Å². The number of hydrogen-bond acceptors (Lipinski definition) is 3. The molecule has 2 rings (SSSR count). The van der Waals surface area contributed by atoms with Crippen molar-refractivity contribution in [3.05, 3.63) is 50.1 Å². The van der Waals surface area contributed by atoms with Crippen LogP contribution in [0.2, 0.25) is 0 Å². The molecule has 19 heavy (non-hydrogen) atoms. The number of rotatable bonds is 3. The maximum absolute atomic E-state index is 13.7. The highest BCUT2D eigenvalue weighted by Crippen LogP contribution is 2.20. The molecule has 0 fully saturated rings. The molecule has 0 aliphatic carbocycles. The molecule has 1 amide bonds. The number of thiazole rings is 1. The zero-order chi connectivity index (χ0) is 14.0. The zero-order valence-corrected chi connectivity index (χ0v) is 12.8. The summed E-state index contributed by atoms with van der Waals surface area (Å²) in [5.41, 5.74) is 0.0309. The number of hydrogen-bond donors (Lipinski definition) is 1. The van der Waals surface area contributed by atoms with E-state index >= 15 is 0 Å². The first-order valence-electron chi connectivity index (χ1n) is 5.65. The van der Waals surface area contributed by atoms with Crippen molar-refractivity contribution in [1.82, 2.24) is 10.3 Å². The highest BCUT2D eigenvalue weighted by molar-refractivity contribution is 9.10. The van der Waals surface area contributed by atoms with Crippen molar-refractivity contribution >= 4 is 33.2 Å². The Bertz CT molecular complexity index is 614. The number of carbonyl (C=O) groups excluding carboxylic acids is 1. The minimum Gasteiger partial charge on any atom is -0.343 e. The average Bonchev–Trinajstić information content (AvgIpc) is 2.75. The Hall–Kier alpha value is -1.27. The highest BCUT2D eigenvalue weighted by atomic mass is 79.9. The lowest BCUT2D eigenvalue weighted by molar-refractivity contribution is 0.0935. The van der Waals surface area contributed by atoms with Crippen LogP contribution in [0.3, 0.4) is 0 Å². The number of nitrogens with one attached hydrogen (secondary N) is 1. The minimum absolute atomic E-state index is 0.0309. The fourth-order valence-corrected chi connectivity index (χ4v) is 2.69. The second kappa shape index (κ2) is 5.79. The third-order valence-corrected chi connectivity index (χ3v) is 4.12. The van der Waals surface area contributed by atoms with Crippen LogP contribution in [0.1, 0.15) is 33.2 Å². The summed E-state index contributed by atoms with van der Waals surface area (Å²) in [6.07, 6.45) is 1.75. The van der Waals surface area contributed by atoms with Crippen LogP contribution < -0.4 is 5.32 Å². The van der Waals surface area contributed by atoms with Crippen LogP contribution in [-0.4, -0.2) is 10.9 Å². The third-order valence-electron chi connectivity index (χ3n) is 2.53. The summed E-state index contributed by atoms with van der Waals surface area (Å²) in [4.78, 5) is 17.3. The maximum atomic E-state index is 13.7. The number of benzene rings is 1. The van der Waals surface area contributed by atoms with E-state index in [4.69, 9.17) is 0 Å². The van der Waals surface area contributed by atoms with Crippen molar-refractivity contribution in [2.45, 2.75) is 19.9 Å². The van der Waals surface area contributed by atoms with Gasteiger partial charge >= 0.3 is 0 Å². The molecule has 0 radical (unpaired) electrons. The van der Waals surface area contributed by atoms with Gasteiger partial charge in [0.2, 0.25) is 0 Å². The van der Waals surface area contributed by atoms with Gasteiger partial charge in [-0.25, -0.2) is 9.37 Å². The summed E-state index contributed by atoms with van der Waals surface area (Å²) < 4.78 is 14.3. The van der Waals surface area contributed by atoms with Gasteiger partial charge in [0.15, 0.2) is 0 Å². The molecule has 1 heterocycles. The first-order chi connectivity index (χ1) is 8.97. The van der Waals surface area contributed by atoms with E-state index in [0.29, 0.717) is 4.47 Å². The lowest BCUT2D eigenvalue weighted by atomic mass is 10.2. The summed E-state index contributed by atoms with van der Waals surface area (Å²) in [5.74, 6) is -0.986. The monoisotopic (exact) mass is 342 g/mol. The van der Waals surface area contributed by atoms with Crippen molar-refractivity contribution in [3.8, 4) is 0 Å². The normalized spacial score (nSPS) is 12.2. The highest BCUT2D eigenvalue weighted by Gasteiger charge is 2.16. The number of carbonyl (C=O) groups is 1. The molecular formula is C13H12BrFN2OS. The van der Waals surface area contributed by atoms with E-state index in [0.717, 1.165) is 9.88 Å². The first-order valence-corrected chi connectivity index (χ1v) is 7.26. The Labute approximate surface area is 123 Å². The quantitative estimate of drug-likeness (QED) is 0.920. The second-order valence-corrected chi connectivity index (χ2v) is 6.31. The molecule has 3 nitrogen and oxygen atoms in total. The van der Waals surface area contributed by atoms with E-state index in [2.05, 4.69) is 26.2 Å². The van der Waals surface area contributed by atoms with Crippen LogP contribution in [0.4, 0.5) is 4.39 Å². The van der Waals surface area contributed by atoms with Crippen LogP contribution >= 0.6 is 27.3 Å². The van der Waals surface area contributed by atoms with Gasteiger partial charge in [-0.3, -0.25) is 4.79 Å². The topological polar surface area (TPSA) is 42.0 Å². The molecular weight excluding hydrogens is 331 g/mol. The Balaban J connectivity index is 2.12. The fourth-order valence-electron chi connectivity index (χ4n) is 1.58. The van der Waals surface area contributed by atoms with Crippen LogP contribution in [-0.2, 0) is 0 Å². The lowest BCUT2D eigenvalue weighted by Gasteiger charge is -2.11. The molecule has 1 aromatic heterocycles. The molecule has 0 aliphatic rings. The fraction of sp³-hybridized carbons (Fsp3) is 0.231. The first kappa shape index (κ1) is 14.1. The molecule has 0 spiro atoms. The number of aromatic nitrogens is 1. The van der Waals surface area contributed by atoms with E-state index in [1.54, 1.807) is 12.3 Å². The minimum atomic E-state index is -0.547. The van der Waals surface area contributed by atoms with Gasteiger partial charge in [-0.1, -0.05) is 15.9 Å². The number of aryl methyl sites for hydroxylation is 1. The molecule has 0 aliphatic heterocycles. The van der Waals surface area contributed by atoms with Gasteiger partial charge in [0, 0.05) is 15.5 Å². The molecule has 0 bridgehead atoms. The Morgan fingerprint density at radius 3 is 2.84 bits per heavy atom. The summed E-state index contributed by atoms with van der Waals surface area (Å²) in [6, 6.07) is 4.12. The average molecular weight is 343 g/mol. The van der Waals surface area contributed by atoms with E-state index in [-0.39, 0.29) is 11.6 Å². The summed E-state index contributed by atoms with van der Waals surface area (Å²) in [7, 11) is 0. The van der Waals surface area contributed by atoms with Crippen molar-refractivity contribution < 1.29 is 9.18 Å². The lowest BCUT2D eigenvalue weighted by Crippen LogP contribution is -2.27. The standard InChI is InChI=1S/C13H12BrFN2OS/c1-7-6-16-13(19-7)8(2)17-12(18)10-4-3-9(14)5-11(10)15/h3-6,8H,1-2H3,(H,17,18). The largest absolute Gasteiger partial charge is 0.343 e. The predicted molar refractivity (Wildman–Crippen MR) is 76.8 cm³/mol. The molecule has 1 unspecified atom stereocenters. The molecule has 1 N–H and O–H groups in total. The third kappa shape index (κ3) is 3.39. The Morgan fingerprint density at radius 2 is 2.26 bits per heavy atom. The zero-order valence-electron chi connectivity index (χ0n) is 10.4. The van der Waals surface area contributed by atoms with E-state index in [1.165, 1.54) is 23.5 Å². The van der Waals surface area contributed by atoms with Gasteiger partial charge in [0.1, 0.15) is 10.8 Å². The van der Waals surface area contributed by atoms with Crippen LogP contribution in [0.25, 0.3) is 0 Å². The van der Waals surface area contributed by atoms with Gasteiger partial charge in [0.05, 0.1) is 11.6 Å². The predicted octanol–water partition coefficient (Wildman–Crippen LogP) is 3.84. The van der Waals surface area contributed by atoms with Crippen molar-refractivity contribution in [2.24, 2.45) is 0 Å².